The minimum absolute atomic E-state index is 0.288. The zero-order valence-corrected chi connectivity index (χ0v) is 11.8. The highest BCUT2D eigenvalue weighted by Gasteiger charge is 2.26. The molecule has 0 spiro atoms. The van der Waals surface area contributed by atoms with Crippen molar-refractivity contribution >= 4 is 28.9 Å². The molecule has 3 rings (SSSR count). The molecule has 0 aliphatic rings. The first-order valence-corrected chi connectivity index (χ1v) is 6.74. The highest BCUT2D eigenvalue weighted by molar-refractivity contribution is 6.02. The van der Waals surface area contributed by atoms with Crippen LogP contribution in [0, 0.1) is 10.1 Å². The Labute approximate surface area is 130 Å². The molecule has 1 N–H and O–H groups in total. The SMILES string of the molecule is O=C(O)C=Cc1cccc2c(-c3ccccc3)c([N+](=O)[O-])oc12. The summed E-state index contributed by atoms with van der Waals surface area (Å²) in [6, 6.07) is 14.0. The second-order valence-electron chi connectivity index (χ2n) is 4.80. The maximum absolute atomic E-state index is 11.3. The van der Waals surface area contributed by atoms with Gasteiger partial charge in [0, 0.05) is 17.0 Å². The Morgan fingerprint density at radius 1 is 1.13 bits per heavy atom. The van der Waals surface area contributed by atoms with Crippen LogP contribution in [0.15, 0.2) is 59.0 Å². The lowest BCUT2D eigenvalue weighted by molar-refractivity contribution is -0.400. The third-order valence-electron chi connectivity index (χ3n) is 3.36. The van der Waals surface area contributed by atoms with Crippen LogP contribution in [0.25, 0.3) is 28.2 Å². The summed E-state index contributed by atoms with van der Waals surface area (Å²) in [5, 5.41) is 20.7. The summed E-state index contributed by atoms with van der Waals surface area (Å²) in [7, 11) is 0. The summed E-state index contributed by atoms with van der Waals surface area (Å²) < 4.78 is 5.44. The Morgan fingerprint density at radius 3 is 2.52 bits per heavy atom. The van der Waals surface area contributed by atoms with Gasteiger partial charge in [-0.05, 0) is 11.6 Å². The number of nitro groups is 1. The van der Waals surface area contributed by atoms with Gasteiger partial charge in [0.05, 0.1) is 0 Å². The van der Waals surface area contributed by atoms with Crippen molar-refractivity contribution in [3.05, 3.63) is 70.3 Å². The normalized spacial score (nSPS) is 11.1. The van der Waals surface area contributed by atoms with Crippen LogP contribution in [-0.4, -0.2) is 16.0 Å². The van der Waals surface area contributed by atoms with Gasteiger partial charge in [0.1, 0.15) is 16.1 Å². The first kappa shape index (κ1) is 14.5. The molecule has 114 valence electrons. The molecule has 6 heteroatoms. The first-order chi connectivity index (χ1) is 11.1. The molecule has 3 aromatic rings. The minimum atomic E-state index is -1.11. The van der Waals surface area contributed by atoms with Crippen molar-refractivity contribution in [2.24, 2.45) is 0 Å². The van der Waals surface area contributed by atoms with Gasteiger partial charge >= 0.3 is 11.9 Å². The number of fused-ring (bicyclic) bond motifs is 1. The zero-order chi connectivity index (χ0) is 16.4. The van der Waals surface area contributed by atoms with Gasteiger partial charge in [0.15, 0.2) is 0 Å². The molecule has 2 aromatic carbocycles. The van der Waals surface area contributed by atoms with Crippen LogP contribution >= 0.6 is 0 Å². The number of carboxylic acids is 1. The number of rotatable bonds is 4. The van der Waals surface area contributed by atoms with Crippen molar-refractivity contribution in [1.82, 2.24) is 0 Å². The summed E-state index contributed by atoms with van der Waals surface area (Å²) in [5.74, 6) is -1.46. The lowest BCUT2D eigenvalue weighted by Gasteiger charge is -1.98. The van der Waals surface area contributed by atoms with E-state index in [1.54, 1.807) is 42.5 Å². The fourth-order valence-corrected chi connectivity index (χ4v) is 2.43. The van der Waals surface area contributed by atoms with Crippen LogP contribution < -0.4 is 0 Å². The molecule has 0 radical (unpaired) electrons. The van der Waals surface area contributed by atoms with Gasteiger partial charge in [-0.2, -0.15) is 0 Å². The molecule has 0 amide bonds. The van der Waals surface area contributed by atoms with Crippen molar-refractivity contribution in [2.75, 3.05) is 0 Å². The Bertz CT molecular complexity index is 925. The van der Waals surface area contributed by atoms with Gasteiger partial charge in [-0.3, -0.25) is 10.1 Å². The maximum Gasteiger partial charge on any atom is 0.442 e. The Morgan fingerprint density at radius 2 is 1.87 bits per heavy atom. The summed E-state index contributed by atoms with van der Waals surface area (Å²) in [4.78, 5) is 21.5. The van der Waals surface area contributed by atoms with Crippen molar-refractivity contribution in [3.63, 3.8) is 0 Å². The van der Waals surface area contributed by atoms with Crippen molar-refractivity contribution in [2.45, 2.75) is 0 Å². The molecular weight excluding hydrogens is 298 g/mol. The lowest BCUT2D eigenvalue weighted by atomic mass is 10.0. The predicted molar refractivity (Wildman–Crippen MR) is 85.0 cm³/mol. The van der Waals surface area contributed by atoms with E-state index in [0.717, 1.165) is 6.08 Å². The summed E-state index contributed by atoms with van der Waals surface area (Å²) >= 11 is 0. The predicted octanol–water partition coefficient (Wildman–Crippen LogP) is 4.11. The Kier molecular flexibility index (Phi) is 3.64. The fraction of sp³-hybridized carbons (Fsp3) is 0. The molecule has 0 fully saturated rings. The van der Waals surface area contributed by atoms with E-state index in [-0.39, 0.29) is 11.5 Å². The second-order valence-corrected chi connectivity index (χ2v) is 4.80. The van der Waals surface area contributed by atoms with E-state index in [9.17, 15) is 14.9 Å². The van der Waals surface area contributed by atoms with Crippen LogP contribution in [0.5, 0.6) is 0 Å². The molecule has 0 bridgehead atoms. The van der Waals surface area contributed by atoms with Crippen LogP contribution in [-0.2, 0) is 4.79 Å². The van der Waals surface area contributed by atoms with Gasteiger partial charge in [0.2, 0.25) is 0 Å². The van der Waals surface area contributed by atoms with Crippen LogP contribution in [0.4, 0.5) is 5.88 Å². The van der Waals surface area contributed by atoms with E-state index < -0.39 is 10.9 Å². The number of aliphatic carboxylic acids is 1. The van der Waals surface area contributed by atoms with Crippen molar-refractivity contribution in [3.8, 4) is 11.1 Å². The summed E-state index contributed by atoms with van der Waals surface area (Å²) in [6.45, 7) is 0. The molecule has 0 aliphatic heterocycles. The molecule has 0 unspecified atom stereocenters. The average molecular weight is 309 g/mol. The van der Waals surface area contributed by atoms with Gasteiger partial charge in [-0.15, -0.1) is 0 Å². The Hall–Kier alpha value is -3.41. The van der Waals surface area contributed by atoms with Crippen molar-refractivity contribution in [1.29, 1.82) is 0 Å². The van der Waals surface area contributed by atoms with E-state index in [4.69, 9.17) is 9.52 Å². The Balaban J connectivity index is 2.31. The molecule has 6 nitrogen and oxygen atoms in total. The third kappa shape index (κ3) is 2.69. The largest absolute Gasteiger partial charge is 0.478 e. The number of hydrogen-bond donors (Lipinski definition) is 1. The van der Waals surface area contributed by atoms with Gasteiger partial charge < -0.3 is 9.52 Å². The number of benzene rings is 2. The maximum atomic E-state index is 11.3. The molecule has 0 atom stereocenters. The monoisotopic (exact) mass is 309 g/mol. The van der Waals surface area contributed by atoms with E-state index in [1.807, 2.05) is 6.07 Å². The second kappa shape index (κ2) is 5.76. The third-order valence-corrected chi connectivity index (χ3v) is 3.36. The quantitative estimate of drug-likeness (QED) is 0.445. The molecular formula is C17H11NO5. The smallest absolute Gasteiger partial charge is 0.442 e. The molecule has 23 heavy (non-hydrogen) atoms. The van der Waals surface area contributed by atoms with E-state index >= 15 is 0 Å². The molecule has 1 aromatic heterocycles. The van der Waals surface area contributed by atoms with Crippen LogP contribution in [0.3, 0.4) is 0 Å². The molecule has 0 aliphatic carbocycles. The molecule has 0 saturated carbocycles. The summed E-state index contributed by atoms with van der Waals surface area (Å²) in [5.41, 5.74) is 1.80. The number of carbonyl (C=O) groups is 1. The van der Waals surface area contributed by atoms with Crippen LogP contribution in [0.2, 0.25) is 0 Å². The standard InChI is InChI=1S/C17H11NO5/c19-14(20)10-9-12-7-4-8-13-15(11-5-2-1-3-6-11)17(18(21)22)23-16(12)13/h1-10H,(H,19,20). The topological polar surface area (TPSA) is 93.6 Å². The molecule has 1 heterocycles. The van der Waals surface area contributed by atoms with E-state index in [0.29, 0.717) is 22.1 Å². The van der Waals surface area contributed by atoms with Crippen molar-refractivity contribution < 1.29 is 19.2 Å². The van der Waals surface area contributed by atoms with E-state index in [2.05, 4.69) is 0 Å². The molecule has 0 saturated heterocycles. The first-order valence-electron chi connectivity index (χ1n) is 6.74. The number of hydrogen-bond acceptors (Lipinski definition) is 4. The van der Waals surface area contributed by atoms with Gasteiger partial charge in [-0.25, -0.2) is 4.79 Å². The summed E-state index contributed by atoms with van der Waals surface area (Å²) in [6.07, 6.45) is 2.32. The van der Waals surface area contributed by atoms with Gasteiger partial charge in [0.25, 0.3) is 0 Å². The number of para-hydroxylation sites is 1. The minimum Gasteiger partial charge on any atom is -0.478 e. The number of carboxylic acid groups (broad SMARTS) is 1. The van der Waals surface area contributed by atoms with Crippen LogP contribution in [0.1, 0.15) is 5.56 Å². The number of nitrogens with zero attached hydrogens (tertiary/aromatic N) is 1. The average Bonchev–Trinajstić information content (AvgIpc) is 2.94. The van der Waals surface area contributed by atoms with E-state index in [1.165, 1.54) is 6.08 Å². The highest BCUT2D eigenvalue weighted by atomic mass is 16.6. The zero-order valence-electron chi connectivity index (χ0n) is 11.8. The lowest BCUT2D eigenvalue weighted by Crippen LogP contribution is -1.87. The van der Waals surface area contributed by atoms with Gasteiger partial charge in [-0.1, -0.05) is 48.5 Å². The fourth-order valence-electron chi connectivity index (χ4n) is 2.43. The number of furan rings is 1. The highest BCUT2D eigenvalue weighted by Crippen LogP contribution is 2.41.